The van der Waals surface area contributed by atoms with E-state index in [1.165, 1.54) is 0 Å². The molecule has 0 amide bonds. The maximum absolute atomic E-state index is 11.9. The highest BCUT2D eigenvalue weighted by Gasteiger charge is 2.27. The van der Waals surface area contributed by atoms with Gasteiger partial charge in [0, 0.05) is 44.5 Å². The van der Waals surface area contributed by atoms with Crippen molar-refractivity contribution in [3.63, 3.8) is 0 Å². The summed E-state index contributed by atoms with van der Waals surface area (Å²) >= 11 is 7.10. The Labute approximate surface area is 239 Å². The molecule has 2 heterocycles. The van der Waals surface area contributed by atoms with Crippen LogP contribution >= 0.6 is 34.8 Å². The minimum Gasteiger partial charge on any atom is -0.480 e. The molecule has 3 rings (SSSR count). The van der Waals surface area contributed by atoms with E-state index in [2.05, 4.69) is 10.3 Å². The van der Waals surface area contributed by atoms with Crippen molar-refractivity contribution in [2.24, 2.45) is 0 Å². The molecule has 204 valence electrons. The van der Waals surface area contributed by atoms with E-state index in [4.69, 9.17) is 12.2 Å². The number of carbonyl (C=O) groups is 3. The highest BCUT2D eigenvalue weighted by atomic mass is 127. The summed E-state index contributed by atoms with van der Waals surface area (Å²) < 4.78 is 0.610. The van der Waals surface area contributed by atoms with Gasteiger partial charge < -0.3 is 20.6 Å². The summed E-state index contributed by atoms with van der Waals surface area (Å²) in [5, 5.41) is 31.7. The van der Waals surface area contributed by atoms with Gasteiger partial charge in [-0.05, 0) is 58.8 Å². The average Bonchev–Trinajstić information content (AvgIpc) is 2.81. The van der Waals surface area contributed by atoms with Gasteiger partial charge in [-0.25, -0.2) is 0 Å². The third-order valence-electron chi connectivity index (χ3n) is 6.06. The molecule has 0 saturated heterocycles. The zero-order chi connectivity index (χ0) is 27.7. The second kappa shape index (κ2) is 14.4. The number of aliphatic carboxylic acids is 3. The molecule has 1 atom stereocenters. The Kier molecular flexibility index (Phi) is 11.3. The number of carboxylic acid groups (broad SMARTS) is 3. The number of hydrogen-bond donors (Lipinski definition) is 4. The fraction of sp³-hybridized carbons (Fsp3) is 0.400. The Morgan fingerprint density at radius 3 is 2.08 bits per heavy atom. The van der Waals surface area contributed by atoms with E-state index < -0.39 is 17.9 Å². The van der Waals surface area contributed by atoms with Crippen LogP contribution in [0, 0.1) is 0 Å². The van der Waals surface area contributed by atoms with Crippen molar-refractivity contribution in [1.29, 1.82) is 0 Å². The molecule has 1 aromatic heterocycles. The summed E-state index contributed by atoms with van der Waals surface area (Å²) in [4.78, 5) is 45.0. The van der Waals surface area contributed by atoms with Gasteiger partial charge in [-0.15, -0.1) is 0 Å². The third kappa shape index (κ3) is 10.2. The molecule has 2 aromatic rings. The number of fused-ring (bicyclic) bond motifs is 2. The number of nitrogens with one attached hydrogen (secondary N) is 1. The van der Waals surface area contributed by atoms with Crippen LogP contribution in [0.3, 0.4) is 0 Å². The van der Waals surface area contributed by atoms with Crippen molar-refractivity contribution in [2.75, 3.05) is 44.6 Å². The van der Waals surface area contributed by atoms with Crippen molar-refractivity contribution < 1.29 is 29.7 Å². The van der Waals surface area contributed by atoms with Crippen LogP contribution in [0.1, 0.15) is 17.0 Å². The molecule has 1 aromatic carbocycles. The molecule has 1 aliphatic rings. The van der Waals surface area contributed by atoms with E-state index >= 15 is 0 Å². The molecule has 0 aliphatic carbocycles. The molecule has 38 heavy (non-hydrogen) atoms. The number of rotatable bonds is 9. The topological polar surface area (TPSA) is 147 Å². The van der Waals surface area contributed by atoms with E-state index in [-0.39, 0.29) is 45.3 Å². The minimum atomic E-state index is -1.01. The largest absolute Gasteiger partial charge is 0.480 e. The average molecular weight is 656 g/mol. The zero-order valence-electron chi connectivity index (χ0n) is 20.6. The SMILES string of the molecule is O=C(O)CN1CCN(CC(=O)O)C[C@H](Cc2ccc(NC(=S)I)cc2)N(CC(=O)O)Cc2cccc(n2)C1. The molecule has 1 aliphatic heterocycles. The molecule has 0 fully saturated rings. The van der Waals surface area contributed by atoms with Gasteiger partial charge in [0.25, 0.3) is 0 Å². The Hall–Kier alpha value is -2.72. The summed E-state index contributed by atoms with van der Waals surface area (Å²) in [6, 6.07) is 12.7. The summed E-state index contributed by atoms with van der Waals surface area (Å²) in [7, 11) is 0. The Bertz CT molecular complexity index is 1150. The van der Waals surface area contributed by atoms with Crippen LogP contribution in [0.5, 0.6) is 0 Å². The van der Waals surface area contributed by atoms with Crippen LogP contribution in [0.15, 0.2) is 42.5 Å². The van der Waals surface area contributed by atoms with E-state index in [0.29, 0.717) is 33.9 Å². The van der Waals surface area contributed by atoms with Gasteiger partial charge in [0.15, 0.2) is 0 Å². The van der Waals surface area contributed by atoms with Gasteiger partial charge in [-0.2, -0.15) is 0 Å². The third-order valence-corrected chi connectivity index (χ3v) is 6.43. The van der Waals surface area contributed by atoms with Gasteiger partial charge in [0.1, 0.15) is 3.00 Å². The quantitative estimate of drug-likeness (QED) is 0.136. The maximum Gasteiger partial charge on any atom is 0.317 e. The van der Waals surface area contributed by atoms with Gasteiger partial charge in [0.05, 0.1) is 31.0 Å². The number of nitrogens with zero attached hydrogens (tertiary/aromatic N) is 4. The van der Waals surface area contributed by atoms with Crippen LogP contribution in [-0.2, 0) is 33.9 Å². The highest BCUT2D eigenvalue weighted by molar-refractivity contribution is 14.1. The van der Waals surface area contributed by atoms with Gasteiger partial charge in [-0.1, -0.05) is 30.4 Å². The molecular formula is C25H30IN5O6S. The van der Waals surface area contributed by atoms with Gasteiger partial charge in [-0.3, -0.25) is 34.1 Å². The molecule has 4 N–H and O–H groups in total. The number of aromatic nitrogens is 1. The molecule has 0 radical (unpaired) electrons. The number of hydrogen-bond acceptors (Lipinski definition) is 8. The van der Waals surface area contributed by atoms with Crippen LogP contribution < -0.4 is 5.32 Å². The molecule has 0 saturated carbocycles. The minimum absolute atomic E-state index is 0.206. The Morgan fingerprint density at radius 1 is 0.895 bits per heavy atom. The number of anilines is 1. The van der Waals surface area contributed by atoms with Crippen molar-refractivity contribution in [1.82, 2.24) is 19.7 Å². The van der Waals surface area contributed by atoms with E-state index in [1.54, 1.807) is 15.9 Å². The lowest BCUT2D eigenvalue weighted by atomic mass is 10.0. The number of pyridine rings is 1. The predicted molar refractivity (Wildman–Crippen MR) is 153 cm³/mol. The van der Waals surface area contributed by atoms with Crippen LogP contribution in [0.2, 0.25) is 0 Å². The summed E-state index contributed by atoms with van der Waals surface area (Å²) in [5.41, 5.74) is 3.11. The van der Waals surface area contributed by atoms with Crippen molar-refractivity contribution in [2.45, 2.75) is 25.6 Å². The second-order valence-corrected chi connectivity index (χ2v) is 11.3. The number of thiocarbonyl (C=S) groups is 1. The molecule has 0 unspecified atom stereocenters. The number of halogens is 1. The molecular weight excluding hydrogens is 625 g/mol. The summed E-state index contributed by atoms with van der Waals surface area (Å²) in [5.74, 6) is -2.99. The van der Waals surface area contributed by atoms with E-state index in [0.717, 1.165) is 11.3 Å². The highest BCUT2D eigenvalue weighted by Crippen LogP contribution is 2.18. The number of carboxylic acids is 3. The number of benzene rings is 1. The first-order chi connectivity index (χ1) is 18.1. The lowest BCUT2D eigenvalue weighted by Crippen LogP contribution is -2.50. The van der Waals surface area contributed by atoms with Crippen molar-refractivity contribution >= 4 is 61.4 Å². The fourth-order valence-electron chi connectivity index (χ4n) is 4.46. The summed E-state index contributed by atoms with van der Waals surface area (Å²) in [6.07, 6.45) is 0.469. The molecule has 13 heteroatoms. The van der Waals surface area contributed by atoms with Crippen molar-refractivity contribution in [3.05, 3.63) is 59.4 Å². The Balaban J connectivity index is 1.97. The lowest BCUT2D eigenvalue weighted by molar-refractivity contribution is -0.141. The zero-order valence-corrected chi connectivity index (χ0v) is 23.6. The van der Waals surface area contributed by atoms with E-state index in [9.17, 15) is 29.7 Å². The second-order valence-electron chi connectivity index (χ2n) is 9.11. The van der Waals surface area contributed by atoms with Crippen LogP contribution in [0.25, 0.3) is 0 Å². The smallest absolute Gasteiger partial charge is 0.317 e. The molecule has 0 spiro atoms. The van der Waals surface area contributed by atoms with Crippen molar-refractivity contribution in [3.8, 4) is 0 Å². The standard InChI is InChI=1S/C25H30IN5O6S/c26-25(38)28-18-6-4-17(5-7-18)10-21-13-30(15-23(34)35)9-8-29(14-22(32)33)11-19-2-1-3-20(27-19)12-31(21)16-24(36)37/h1-7,21H,8-16H2,(H,28,38)(H,32,33)(H,34,35)(H,36,37)/t21-/m0/s1. The molecule has 11 nitrogen and oxygen atoms in total. The first kappa shape index (κ1) is 29.8. The predicted octanol–water partition coefficient (Wildman–Crippen LogP) is 2.00. The monoisotopic (exact) mass is 655 g/mol. The van der Waals surface area contributed by atoms with Crippen LogP contribution in [-0.4, -0.2) is 101 Å². The van der Waals surface area contributed by atoms with E-state index in [1.807, 2.05) is 63.9 Å². The molecule has 2 bridgehead atoms. The Morgan fingerprint density at radius 2 is 1.47 bits per heavy atom. The lowest BCUT2D eigenvalue weighted by Gasteiger charge is -2.36. The van der Waals surface area contributed by atoms with Gasteiger partial charge >= 0.3 is 17.9 Å². The van der Waals surface area contributed by atoms with Crippen LogP contribution in [0.4, 0.5) is 5.69 Å². The summed E-state index contributed by atoms with van der Waals surface area (Å²) in [6.45, 7) is 0.710. The first-order valence-corrected chi connectivity index (χ1v) is 13.4. The first-order valence-electron chi connectivity index (χ1n) is 11.9. The fourth-order valence-corrected chi connectivity index (χ4v) is 4.89. The normalized spacial score (nSPS) is 17.7. The maximum atomic E-state index is 11.9. The van der Waals surface area contributed by atoms with Gasteiger partial charge in [0.2, 0.25) is 0 Å².